The molecule has 0 aliphatic carbocycles. The molecule has 0 bridgehead atoms. The number of aromatic nitrogens is 2. The molecule has 0 unspecified atom stereocenters. The Kier molecular flexibility index (Phi) is 6.31. The van der Waals surface area contributed by atoms with Crippen LogP contribution in [0.1, 0.15) is 0 Å². The van der Waals surface area contributed by atoms with Gasteiger partial charge in [-0.3, -0.25) is 9.59 Å². The van der Waals surface area contributed by atoms with Crippen molar-refractivity contribution in [2.75, 3.05) is 26.6 Å². The number of anilines is 1. The van der Waals surface area contributed by atoms with Gasteiger partial charge < -0.3 is 19.5 Å². The van der Waals surface area contributed by atoms with Crippen LogP contribution in [0.5, 0.6) is 17.2 Å². The number of ether oxygens (including phenoxy) is 3. The third kappa shape index (κ3) is 4.57. The summed E-state index contributed by atoms with van der Waals surface area (Å²) in [6.07, 6.45) is 0. The van der Waals surface area contributed by atoms with E-state index in [1.54, 1.807) is 18.2 Å². The van der Waals surface area contributed by atoms with Crippen molar-refractivity contribution < 1.29 is 23.4 Å². The second kappa shape index (κ2) is 9.08. The van der Waals surface area contributed by atoms with Gasteiger partial charge in [-0.15, -0.1) is 0 Å². The summed E-state index contributed by atoms with van der Waals surface area (Å²) in [5, 5.41) is 6.91. The largest absolute Gasteiger partial charge is 0.497 e. The van der Waals surface area contributed by atoms with Crippen LogP contribution in [0.2, 0.25) is 0 Å². The first-order chi connectivity index (χ1) is 14.4. The van der Waals surface area contributed by atoms with Crippen molar-refractivity contribution in [2.24, 2.45) is 0 Å². The standard InChI is InChI=1S/C21H20FN3O5/c1-28-14-5-8-18(29-2)17(11-14)23-20(26)12-25-21(27)9-7-16(24-25)15-6-4-13(22)10-19(15)30-3/h4-11H,12H2,1-3H3,(H,23,26). The van der Waals surface area contributed by atoms with Crippen LogP contribution in [-0.4, -0.2) is 37.0 Å². The molecule has 0 atom stereocenters. The number of nitrogens with one attached hydrogen (secondary N) is 1. The number of carbonyl (C=O) groups is 1. The fourth-order valence-corrected chi connectivity index (χ4v) is 2.82. The molecule has 156 valence electrons. The molecule has 1 heterocycles. The molecule has 0 spiro atoms. The van der Waals surface area contributed by atoms with E-state index >= 15 is 0 Å². The van der Waals surface area contributed by atoms with E-state index in [0.29, 0.717) is 28.4 Å². The first-order valence-electron chi connectivity index (χ1n) is 8.89. The van der Waals surface area contributed by atoms with Crippen molar-refractivity contribution in [3.63, 3.8) is 0 Å². The summed E-state index contributed by atoms with van der Waals surface area (Å²) in [6.45, 7) is -0.337. The Morgan fingerprint density at radius 1 is 1.00 bits per heavy atom. The van der Waals surface area contributed by atoms with E-state index in [-0.39, 0.29) is 12.3 Å². The van der Waals surface area contributed by atoms with E-state index in [4.69, 9.17) is 14.2 Å². The molecule has 0 saturated carbocycles. The second-order valence-electron chi connectivity index (χ2n) is 6.17. The van der Waals surface area contributed by atoms with Crippen molar-refractivity contribution in [2.45, 2.75) is 6.54 Å². The molecule has 3 aromatic rings. The Balaban J connectivity index is 1.87. The lowest BCUT2D eigenvalue weighted by Crippen LogP contribution is -2.29. The van der Waals surface area contributed by atoms with Gasteiger partial charge in [0.15, 0.2) is 0 Å². The van der Waals surface area contributed by atoms with E-state index in [0.717, 1.165) is 4.68 Å². The predicted octanol–water partition coefficient (Wildman–Crippen LogP) is 2.71. The van der Waals surface area contributed by atoms with Crippen LogP contribution in [0.4, 0.5) is 10.1 Å². The number of hydrogen-bond acceptors (Lipinski definition) is 6. The van der Waals surface area contributed by atoms with Crippen LogP contribution in [-0.2, 0) is 11.3 Å². The van der Waals surface area contributed by atoms with Crippen LogP contribution in [0.3, 0.4) is 0 Å². The minimum atomic E-state index is -0.487. The average molecular weight is 413 g/mol. The molecule has 1 N–H and O–H groups in total. The maximum absolute atomic E-state index is 13.5. The van der Waals surface area contributed by atoms with Crippen LogP contribution in [0, 0.1) is 5.82 Å². The molecule has 8 nitrogen and oxygen atoms in total. The van der Waals surface area contributed by atoms with E-state index in [2.05, 4.69) is 10.4 Å². The molecule has 0 fully saturated rings. The highest BCUT2D eigenvalue weighted by atomic mass is 19.1. The number of amides is 1. The van der Waals surface area contributed by atoms with E-state index in [1.165, 1.54) is 51.7 Å². The Labute approximate surface area is 171 Å². The molecule has 3 rings (SSSR count). The van der Waals surface area contributed by atoms with Crippen molar-refractivity contribution in [3.8, 4) is 28.5 Å². The summed E-state index contributed by atoms with van der Waals surface area (Å²) >= 11 is 0. The van der Waals surface area contributed by atoms with Crippen LogP contribution < -0.4 is 25.1 Å². The lowest BCUT2D eigenvalue weighted by Gasteiger charge is -2.13. The summed E-state index contributed by atoms with van der Waals surface area (Å²) in [6, 6.07) is 11.7. The lowest BCUT2D eigenvalue weighted by atomic mass is 10.1. The zero-order valence-electron chi connectivity index (χ0n) is 16.6. The number of carbonyl (C=O) groups excluding carboxylic acids is 1. The maximum atomic E-state index is 13.5. The van der Waals surface area contributed by atoms with Crippen LogP contribution in [0.25, 0.3) is 11.3 Å². The molecular weight excluding hydrogens is 393 g/mol. The highest BCUT2D eigenvalue weighted by molar-refractivity contribution is 5.92. The predicted molar refractivity (Wildman–Crippen MR) is 109 cm³/mol. The third-order valence-electron chi connectivity index (χ3n) is 4.28. The first kappa shape index (κ1) is 20.8. The minimum Gasteiger partial charge on any atom is -0.497 e. The number of benzene rings is 2. The topological polar surface area (TPSA) is 91.7 Å². The summed E-state index contributed by atoms with van der Waals surface area (Å²) in [5.41, 5.74) is 0.777. The first-order valence-corrected chi connectivity index (χ1v) is 8.89. The van der Waals surface area contributed by atoms with Gasteiger partial charge in [-0.2, -0.15) is 5.10 Å². The second-order valence-corrected chi connectivity index (χ2v) is 6.17. The third-order valence-corrected chi connectivity index (χ3v) is 4.28. The Morgan fingerprint density at radius 3 is 2.47 bits per heavy atom. The zero-order valence-corrected chi connectivity index (χ0v) is 16.6. The van der Waals surface area contributed by atoms with E-state index < -0.39 is 17.3 Å². The van der Waals surface area contributed by atoms with Gasteiger partial charge in [0, 0.05) is 23.8 Å². The van der Waals surface area contributed by atoms with E-state index in [1.807, 2.05) is 0 Å². The van der Waals surface area contributed by atoms with Gasteiger partial charge >= 0.3 is 0 Å². The maximum Gasteiger partial charge on any atom is 0.267 e. The monoisotopic (exact) mass is 413 g/mol. The van der Waals surface area contributed by atoms with Crippen LogP contribution in [0.15, 0.2) is 53.3 Å². The normalized spacial score (nSPS) is 10.4. The van der Waals surface area contributed by atoms with Gasteiger partial charge in [0.1, 0.15) is 29.6 Å². The molecule has 0 aliphatic rings. The molecule has 0 saturated heterocycles. The number of halogens is 1. The quantitative estimate of drug-likeness (QED) is 0.640. The fourth-order valence-electron chi connectivity index (χ4n) is 2.82. The molecule has 30 heavy (non-hydrogen) atoms. The summed E-state index contributed by atoms with van der Waals surface area (Å²) in [7, 11) is 4.39. The lowest BCUT2D eigenvalue weighted by molar-refractivity contribution is -0.117. The Morgan fingerprint density at radius 2 is 1.77 bits per heavy atom. The number of hydrogen-bond donors (Lipinski definition) is 1. The molecule has 9 heteroatoms. The molecule has 1 aromatic heterocycles. The number of methoxy groups -OCH3 is 3. The van der Waals surface area contributed by atoms with Gasteiger partial charge in [0.2, 0.25) is 5.91 Å². The van der Waals surface area contributed by atoms with Gasteiger partial charge in [-0.05, 0) is 30.3 Å². The minimum absolute atomic E-state index is 0.262. The van der Waals surface area contributed by atoms with Crippen molar-refractivity contribution >= 4 is 11.6 Å². The summed E-state index contributed by atoms with van der Waals surface area (Å²) in [4.78, 5) is 24.7. The molecule has 0 radical (unpaired) electrons. The van der Waals surface area contributed by atoms with Gasteiger partial charge in [-0.25, -0.2) is 9.07 Å². The zero-order chi connectivity index (χ0) is 21.7. The van der Waals surface area contributed by atoms with Crippen molar-refractivity contribution in [1.29, 1.82) is 0 Å². The summed E-state index contributed by atoms with van der Waals surface area (Å²) in [5.74, 6) is 0.286. The SMILES string of the molecule is COc1ccc(OC)c(NC(=O)Cn2nc(-c3ccc(F)cc3OC)ccc2=O)c1. The van der Waals surface area contributed by atoms with Crippen LogP contribution >= 0.6 is 0 Å². The fraction of sp³-hybridized carbons (Fsp3) is 0.190. The summed E-state index contributed by atoms with van der Waals surface area (Å²) < 4.78 is 30.0. The molecule has 0 aliphatic heterocycles. The van der Waals surface area contributed by atoms with Crippen molar-refractivity contribution in [3.05, 3.63) is 64.7 Å². The van der Waals surface area contributed by atoms with Gasteiger partial charge in [0.25, 0.3) is 5.56 Å². The number of rotatable bonds is 7. The molecule has 1 amide bonds. The Hall–Kier alpha value is -3.88. The highest BCUT2D eigenvalue weighted by Crippen LogP contribution is 2.29. The smallest absolute Gasteiger partial charge is 0.267 e. The average Bonchev–Trinajstić information content (AvgIpc) is 2.75. The highest BCUT2D eigenvalue weighted by Gasteiger charge is 2.14. The molecular formula is C21H20FN3O5. The number of nitrogens with zero attached hydrogens (tertiary/aromatic N) is 2. The van der Waals surface area contributed by atoms with E-state index in [9.17, 15) is 14.0 Å². The van der Waals surface area contributed by atoms with Crippen molar-refractivity contribution in [1.82, 2.24) is 9.78 Å². The van der Waals surface area contributed by atoms with Gasteiger partial charge in [0.05, 0.1) is 32.7 Å². The molecule has 2 aromatic carbocycles. The Bertz CT molecular complexity index is 1130. The van der Waals surface area contributed by atoms with Gasteiger partial charge in [-0.1, -0.05) is 0 Å².